The third kappa shape index (κ3) is 6.34. The summed E-state index contributed by atoms with van der Waals surface area (Å²) in [5.74, 6) is -0.887. The lowest BCUT2D eigenvalue weighted by Gasteiger charge is -2.29. The second-order valence-corrected chi connectivity index (χ2v) is 8.82. The predicted octanol–water partition coefficient (Wildman–Crippen LogP) is 8.65. The summed E-state index contributed by atoms with van der Waals surface area (Å²) in [6, 6.07) is 10.3. The van der Waals surface area contributed by atoms with Crippen molar-refractivity contribution in [3.05, 3.63) is 90.0 Å². The van der Waals surface area contributed by atoms with E-state index in [1.165, 1.54) is 6.08 Å². The molecule has 0 bridgehead atoms. The predicted molar refractivity (Wildman–Crippen MR) is 131 cm³/mol. The van der Waals surface area contributed by atoms with Gasteiger partial charge in [0.2, 0.25) is 0 Å². The molecule has 0 unspecified atom stereocenters. The molecule has 0 spiro atoms. The van der Waals surface area contributed by atoms with E-state index in [9.17, 15) is 13.2 Å². The number of rotatable bonds is 10. The van der Waals surface area contributed by atoms with Crippen LogP contribution in [-0.4, -0.2) is 13.7 Å². The van der Waals surface area contributed by atoms with Crippen LogP contribution in [0.15, 0.2) is 72.8 Å². The first kappa shape index (κ1) is 25.7. The fraction of sp³-hybridized carbons (Fsp3) is 0.379. The first-order valence-corrected chi connectivity index (χ1v) is 11.8. The van der Waals surface area contributed by atoms with Gasteiger partial charge in [0.05, 0.1) is 13.7 Å². The molecule has 3 rings (SSSR count). The molecule has 0 heterocycles. The molecule has 1 saturated carbocycles. The molecule has 0 aromatic heterocycles. The second-order valence-electron chi connectivity index (χ2n) is 8.82. The Bertz CT molecular complexity index is 1030. The molecule has 2 aromatic rings. The lowest BCUT2D eigenvalue weighted by Crippen LogP contribution is -2.15. The highest BCUT2D eigenvalue weighted by Gasteiger charge is 2.26. The average molecular weight is 471 g/mol. The van der Waals surface area contributed by atoms with E-state index < -0.39 is 17.5 Å². The van der Waals surface area contributed by atoms with Gasteiger partial charge in [-0.15, -0.1) is 0 Å². The van der Waals surface area contributed by atoms with E-state index in [-0.39, 0.29) is 17.2 Å². The van der Waals surface area contributed by atoms with Crippen molar-refractivity contribution in [2.45, 2.75) is 51.4 Å². The van der Waals surface area contributed by atoms with E-state index in [0.717, 1.165) is 32.1 Å². The molecule has 0 atom stereocenters. The standard InChI is InChI=1S/C29H33F3O2/c1-5-34-20(3)27(30)18-19(2)6-7-21-8-10-22(11-9-21)25-16-17-26(29(32)28(25)31)23-12-14-24(33-4)15-13-23/h12-18,21-22H,2-3,5-11H2,1,4H3/b27-18+. The van der Waals surface area contributed by atoms with Crippen molar-refractivity contribution < 1.29 is 22.6 Å². The van der Waals surface area contributed by atoms with E-state index in [0.29, 0.717) is 41.4 Å². The normalized spacial score (nSPS) is 18.4. The van der Waals surface area contributed by atoms with Gasteiger partial charge in [0, 0.05) is 5.56 Å². The maximum absolute atomic E-state index is 15.0. The van der Waals surface area contributed by atoms with Gasteiger partial charge >= 0.3 is 0 Å². The van der Waals surface area contributed by atoms with Gasteiger partial charge < -0.3 is 9.47 Å². The molecule has 5 heteroatoms. The zero-order chi connectivity index (χ0) is 24.7. The first-order chi connectivity index (χ1) is 16.3. The van der Waals surface area contributed by atoms with Crippen molar-refractivity contribution in [3.8, 4) is 16.9 Å². The van der Waals surface area contributed by atoms with Gasteiger partial charge in [-0.2, -0.15) is 0 Å². The van der Waals surface area contributed by atoms with Gasteiger partial charge in [-0.25, -0.2) is 13.2 Å². The molecule has 182 valence electrons. The largest absolute Gasteiger partial charge is 0.497 e. The van der Waals surface area contributed by atoms with E-state index in [1.54, 1.807) is 50.4 Å². The zero-order valence-electron chi connectivity index (χ0n) is 20.0. The van der Waals surface area contributed by atoms with Gasteiger partial charge in [-0.1, -0.05) is 43.0 Å². The fourth-order valence-corrected chi connectivity index (χ4v) is 4.60. The summed E-state index contributed by atoms with van der Waals surface area (Å²) in [4.78, 5) is 0. The molecule has 1 aliphatic carbocycles. The maximum Gasteiger partial charge on any atom is 0.166 e. The first-order valence-electron chi connectivity index (χ1n) is 11.8. The molecule has 2 aromatic carbocycles. The number of hydrogen-bond donors (Lipinski definition) is 0. The molecule has 0 radical (unpaired) electrons. The van der Waals surface area contributed by atoms with E-state index in [4.69, 9.17) is 9.47 Å². The summed E-state index contributed by atoms with van der Waals surface area (Å²) in [6.07, 6.45) is 6.42. The van der Waals surface area contributed by atoms with Crippen molar-refractivity contribution in [1.29, 1.82) is 0 Å². The summed E-state index contributed by atoms with van der Waals surface area (Å²) in [5, 5.41) is 0. The van der Waals surface area contributed by atoms with Crippen LogP contribution < -0.4 is 4.74 Å². The van der Waals surface area contributed by atoms with Gasteiger partial charge in [-0.3, -0.25) is 0 Å². The molecule has 0 amide bonds. The molecule has 0 N–H and O–H groups in total. The Labute approximate surface area is 200 Å². The number of allylic oxidation sites excluding steroid dienone is 3. The molecular weight excluding hydrogens is 437 g/mol. The smallest absolute Gasteiger partial charge is 0.166 e. The molecule has 34 heavy (non-hydrogen) atoms. The zero-order valence-corrected chi connectivity index (χ0v) is 20.0. The second kappa shape index (κ2) is 12.0. The van der Waals surface area contributed by atoms with E-state index in [1.807, 2.05) is 0 Å². The third-order valence-electron chi connectivity index (χ3n) is 6.59. The van der Waals surface area contributed by atoms with Crippen LogP contribution in [0.5, 0.6) is 5.75 Å². The summed E-state index contributed by atoms with van der Waals surface area (Å²) in [6.45, 7) is 9.64. The minimum Gasteiger partial charge on any atom is -0.497 e. The highest BCUT2D eigenvalue weighted by atomic mass is 19.2. The summed E-state index contributed by atoms with van der Waals surface area (Å²) >= 11 is 0. The highest BCUT2D eigenvalue weighted by molar-refractivity contribution is 5.65. The maximum atomic E-state index is 15.0. The lowest BCUT2D eigenvalue weighted by atomic mass is 9.76. The van der Waals surface area contributed by atoms with E-state index >= 15 is 0 Å². The van der Waals surface area contributed by atoms with Gasteiger partial charge in [0.15, 0.2) is 17.5 Å². The van der Waals surface area contributed by atoms with Gasteiger partial charge in [0.1, 0.15) is 11.5 Å². The summed E-state index contributed by atoms with van der Waals surface area (Å²) in [5.41, 5.74) is 2.02. The molecule has 0 aliphatic heterocycles. The van der Waals surface area contributed by atoms with Crippen LogP contribution in [0.2, 0.25) is 0 Å². The van der Waals surface area contributed by atoms with Crippen molar-refractivity contribution in [2.24, 2.45) is 5.92 Å². The van der Waals surface area contributed by atoms with Crippen molar-refractivity contribution in [1.82, 2.24) is 0 Å². The van der Waals surface area contributed by atoms with Crippen LogP contribution in [0, 0.1) is 17.6 Å². The van der Waals surface area contributed by atoms with Gasteiger partial charge in [0.25, 0.3) is 0 Å². The van der Waals surface area contributed by atoms with Crippen LogP contribution in [0.3, 0.4) is 0 Å². The Kier molecular flexibility index (Phi) is 9.03. The Balaban J connectivity index is 1.56. The van der Waals surface area contributed by atoms with Crippen LogP contribution in [-0.2, 0) is 4.74 Å². The number of ether oxygens (including phenoxy) is 2. The molecule has 1 aliphatic rings. The lowest BCUT2D eigenvalue weighted by molar-refractivity contribution is 0.226. The summed E-state index contributed by atoms with van der Waals surface area (Å²) < 4.78 is 54.1. The fourth-order valence-electron chi connectivity index (χ4n) is 4.60. The highest BCUT2D eigenvalue weighted by Crippen LogP contribution is 2.40. The van der Waals surface area contributed by atoms with Gasteiger partial charge in [-0.05, 0) is 86.6 Å². The van der Waals surface area contributed by atoms with Crippen LogP contribution >= 0.6 is 0 Å². The van der Waals surface area contributed by atoms with E-state index in [2.05, 4.69) is 13.2 Å². The minimum absolute atomic E-state index is 0.00530. The molecule has 1 fully saturated rings. The van der Waals surface area contributed by atoms with Crippen LogP contribution in [0.1, 0.15) is 56.9 Å². The number of benzene rings is 2. The van der Waals surface area contributed by atoms with Crippen molar-refractivity contribution in [3.63, 3.8) is 0 Å². The average Bonchev–Trinajstić information content (AvgIpc) is 2.85. The Morgan fingerprint density at radius 1 is 1.00 bits per heavy atom. The monoisotopic (exact) mass is 470 g/mol. The SMILES string of the molecule is C=C(/C=C(/F)C(=C)OCC)CCC1CCC(c2ccc(-c3ccc(OC)cc3)c(F)c2F)CC1. The van der Waals surface area contributed by atoms with Crippen molar-refractivity contribution in [2.75, 3.05) is 13.7 Å². The summed E-state index contributed by atoms with van der Waals surface area (Å²) in [7, 11) is 1.56. The molecule has 0 saturated heterocycles. The molecular formula is C29H33F3O2. The number of methoxy groups -OCH3 is 1. The van der Waals surface area contributed by atoms with Crippen molar-refractivity contribution >= 4 is 0 Å². The Morgan fingerprint density at radius 3 is 2.29 bits per heavy atom. The Hall–Kier alpha value is -2.95. The topological polar surface area (TPSA) is 18.5 Å². The van der Waals surface area contributed by atoms with Crippen LogP contribution in [0.25, 0.3) is 11.1 Å². The Morgan fingerprint density at radius 2 is 1.68 bits per heavy atom. The molecule has 2 nitrogen and oxygen atoms in total. The quantitative estimate of drug-likeness (QED) is 0.255. The number of hydrogen-bond acceptors (Lipinski definition) is 2. The third-order valence-corrected chi connectivity index (χ3v) is 6.59. The minimum atomic E-state index is -0.802. The number of halogens is 3. The van der Waals surface area contributed by atoms with Crippen LogP contribution in [0.4, 0.5) is 13.2 Å².